The molecule has 0 amide bonds. The van der Waals surface area contributed by atoms with Gasteiger partial charge in [-0.2, -0.15) is 0 Å². The molecule has 1 atom stereocenters. The Morgan fingerprint density at radius 3 is 2.41 bits per heavy atom. The van der Waals surface area contributed by atoms with Gasteiger partial charge in [-0.3, -0.25) is 0 Å². The van der Waals surface area contributed by atoms with Crippen molar-refractivity contribution >= 4 is 11.8 Å². The molecule has 96 valence electrons. The van der Waals surface area contributed by atoms with Crippen molar-refractivity contribution in [1.82, 2.24) is 0 Å². The Labute approximate surface area is 110 Å². The van der Waals surface area contributed by atoms with Crippen LogP contribution in [0, 0.1) is 11.8 Å². The highest BCUT2D eigenvalue weighted by Crippen LogP contribution is 2.28. The van der Waals surface area contributed by atoms with Gasteiger partial charge in [0.25, 0.3) is 0 Å². The summed E-state index contributed by atoms with van der Waals surface area (Å²) in [6.45, 7) is 10.5. The predicted molar refractivity (Wildman–Crippen MR) is 76.4 cm³/mol. The summed E-state index contributed by atoms with van der Waals surface area (Å²) in [5.74, 6) is 2.57. The van der Waals surface area contributed by atoms with Gasteiger partial charge < -0.3 is 5.11 Å². The average molecular weight is 252 g/mol. The summed E-state index contributed by atoms with van der Waals surface area (Å²) in [5.41, 5.74) is 0.236. The Hall–Kier alpha value is -0.470. The average Bonchev–Trinajstić information content (AvgIpc) is 2.25. The lowest BCUT2D eigenvalue weighted by Gasteiger charge is -2.19. The Balaban J connectivity index is 2.67. The van der Waals surface area contributed by atoms with E-state index in [0.29, 0.717) is 5.92 Å². The molecule has 2 heteroatoms. The van der Waals surface area contributed by atoms with Crippen molar-refractivity contribution in [1.29, 1.82) is 0 Å². The van der Waals surface area contributed by atoms with E-state index in [1.54, 1.807) is 0 Å². The fourth-order valence-corrected chi connectivity index (χ4v) is 2.61. The van der Waals surface area contributed by atoms with Crippen LogP contribution in [0.5, 0.6) is 0 Å². The summed E-state index contributed by atoms with van der Waals surface area (Å²) in [4.78, 5) is 1.25. The van der Waals surface area contributed by atoms with Gasteiger partial charge in [0.2, 0.25) is 0 Å². The molecular weight excluding hydrogens is 228 g/mol. The van der Waals surface area contributed by atoms with Crippen LogP contribution in [0.3, 0.4) is 0 Å². The van der Waals surface area contributed by atoms with Crippen LogP contribution in [0.2, 0.25) is 0 Å². The SMILES string of the molecule is CC(C)[C@@H](C)CSc1cccc(C(C)(C)O)c1. The van der Waals surface area contributed by atoms with Crippen LogP contribution >= 0.6 is 11.8 Å². The highest BCUT2D eigenvalue weighted by Gasteiger charge is 2.16. The summed E-state index contributed by atoms with van der Waals surface area (Å²) in [6, 6.07) is 8.22. The molecule has 0 aliphatic rings. The number of aliphatic hydroxyl groups is 1. The molecule has 0 aliphatic heterocycles. The number of hydrogen-bond donors (Lipinski definition) is 1. The van der Waals surface area contributed by atoms with Crippen molar-refractivity contribution in [3.05, 3.63) is 29.8 Å². The zero-order chi connectivity index (χ0) is 13.1. The molecule has 0 spiro atoms. The van der Waals surface area contributed by atoms with Crippen LogP contribution in [-0.4, -0.2) is 10.9 Å². The molecule has 1 N–H and O–H groups in total. The molecule has 0 saturated carbocycles. The van der Waals surface area contributed by atoms with E-state index in [0.717, 1.165) is 17.2 Å². The highest BCUT2D eigenvalue weighted by molar-refractivity contribution is 7.99. The minimum absolute atomic E-state index is 0.714. The Kier molecular flexibility index (Phi) is 5.08. The summed E-state index contributed by atoms with van der Waals surface area (Å²) in [7, 11) is 0. The molecule has 0 heterocycles. The summed E-state index contributed by atoms with van der Waals surface area (Å²) < 4.78 is 0. The van der Waals surface area contributed by atoms with Crippen molar-refractivity contribution in [2.24, 2.45) is 11.8 Å². The molecule has 1 rings (SSSR count). The van der Waals surface area contributed by atoms with Crippen LogP contribution in [-0.2, 0) is 5.60 Å². The van der Waals surface area contributed by atoms with E-state index < -0.39 is 5.60 Å². The zero-order valence-corrected chi connectivity index (χ0v) is 12.3. The van der Waals surface area contributed by atoms with Crippen molar-refractivity contribution < 1.29 is 5.11 Å². The normalized spacial score (nSPS) is 14.1. The quantitative estimate of drug-likeness (QED) is 0.789. The molecular formula is C15H24OS. The van der Waals surface area contributed by atoms with Crippen molar-refractivity contribution in [2.75, 3.05) is 5.75 Å². The van der Waals surface area contributed by atoms with E-state index in [9.17, 15) is 5.11 Å². The van der Waals surface area contributed by atoms with Crippen LogP contribution in [0.25, 0.3) is 0 Å². The Bertz CT molecular complexity index is 352. The number of benzene rings is 1. The first kappa shape index (κ1) is 14.6. The first-order valence-electron chi connectivity index (χ1n) is 6.26. The van der Waals surface area contributed by atoms with Crippen LogP contribution in [0.1, 0.15) is 40.2 Å². The van der Waals surface area contributed by atoms with Gasteiger partial charge in [-0.05, 0) is 43.4 Å². The molecule has 0 radical (unpaired) electrons. The Morgan fingerprint density at radius 2 is 1.88 bits per heavy atom. The molecule has 1 aromatic rings. The van der Waals surface area contributed by atoms with E-state index in [2.05, 4.69) is 32.9 Å². The van der Waals surface area contributed by atoms with E-state index in [1.165, 1.54) is 4.90 Å². The largest absolute Gasteiger partial charge is 0.386 e. The highest BCUT2D eigenvalue weighted by atomic mass is 32.2. The van der Waals surface area contributed by atoms with Gasteiger partial charge in [0.15, 0.2) is 0 Å². The first-order chi connectivity index (χ1) is 7.80. The number of thioether (sulfide) groups is 1. The molecule has 1 aromatic carbocycles. The van der Waals surface area contributed by atoms with Crippen LogP contribution in [0.4, 0.5) is 0 Å². The van der Waals surface area contributed by atoms with E-state index in [1.807, 2.05) is 37.7 Å². The number of hydrogen-bond acceptors (Lipinski definition) is 2. The van der Waals surface area contributed by atoms with E-state index in [4.69, 9.17) is 0 Å². The minimum Gasteiger partial charge on any atom is -0.386 e. The second-order valence-corrected chi connectivity index (χ2v) is 6.71. The molecule has 1 nitrogen and oxygen atoms in total. The van der Waals surface area contributed by atoms with Gasteiger partial charge in [-0.25, -0.2) is 0 Å². The first-order valence-corrected chi connectivity index (χ1v) is 7.25. The summed E-state index contributed by atoms with van der Waals surface area (Å²) in [6.07, 6.45) is 0. The third-order valence-corrected chi connectivity index (χ3v) is 4.47. The van der Waals surface area contributed by atoms with E-state index >= 15 is 0 Å². The van der Waals surface area contributed by atoms with Crippen molar-refractivity contribution in [2.45, 2.75) is 45.1 Å². The molecule has 0 aromatic heterocycles. The smallest absolute Gasteiger partial charge is 0.0840 e. The zero-order valence-electron chi connectivity index (χ0n) is 11.5. The van der Waals surface area contributed by atoms with Crippen molar-refractivity contribution in [3.8, 4) is 0 Å². The van der Waals surface area contributed by atoms with Gasteiger partial charge in [0, 0.05) is 10.6 Å². The fourth-order valence-electron chi connectivity index (χ4n) is 1.39. The third kappa shape index (κ3) is 4.72. The molecule has 0 aliphatic carbocycles. The predicted octanol–water partition coefficient (Wildman–Crippen LogP) is 4.30. The van der Waals surface area contributed by atoms with Crippen LogP contribution in [0.15, 0.2) is 29.2 Å². The van der Waals surface area contributed by atoms with E-state index in [-0.39, 0.29) is 0 Å². The second-order valence-electron chi connectivity index (χ2n) is 5.62. The lowest BCUT2D eigenvalue weighted by molar-refractivity contribution is 0.0784. The maximum Gasteiger partial charge on any atom is 0.0840 e. The second kappa shape index (κ2) is 5.92. The Morgan fingerprint density at radius 1 is 1.24 bits per heavy atom. The van der Waals surface area contributed by atoms with Crippen LogP contribution < -0.4 is 0 Å². The lowest BCUT2D eigenvalue weighted by atomic mass is 9.99. The summed E-state index contributed by atoms with van der Waals surface area (Å²) in [5, 5.41) is 9.97. The van der Waals surface area contributed by atoms with Gasteiger partial charge in [-0.15, -0.1) is 11.8 Å². The third-order valence-electron chi connectivity index (χ3n) is 3.19. The molecule has 0 saturated heterocycles. The van der Waals surface area contributed by atoms with Crippen molar-refractivity contribution in [3.63, 3.8) is 0 Å². The molecule has 17 heavy (non-hydrogen) atoms. The molecule has 0 fully saturated rings. The maximum absolute atomic E-state index is 9.97. The summed E-state index contributed by atoms with van der Waals surface area (Å²) >= 11 is 1.88. The molecule has 0 bridgehead atoms. The van der Waals surface area contributed by atoms with Gasteiger partial charge in [0.1, 0.15) is 0 Å². The van der Waals surface area contributed by atoms with Gasteiger partial charge in [0.05, 0.1) is 5.60 Å². The maximum atomic E-state index is 9.97. The van der Waals surface area contributed by atoms with Gasteiger partial charge >= 0.3 is 0 Å². The topological polar surface area (TPSA) is 20.2 Å². The minimum atomic E-state index is -0.750. The monoisotopic (exact) mass is 252 g/mol. The lowest BCUT2D eigenvalue weighted by Crippen LogP contribution is -2.15. The number of rotatable bonds is 5. The standard InChI is InChI=1S/C15H24OS/c1-11(2)12(3)10-17-14-8-6-7-13(9-14)15(4,5)16/h6-9,11-12,16H,10H2,1-5H3/t12-/m0/s1. The molecule has 0 unspecified atom stereocenters. The van der Waals surface area contributed by atoms with Gasteiger partial charge in [-0.1, -0.05) is 32.9 Å². The fraction of sp³-hybridized carbons (Fsp3) is 0.600.